The van der Waals surface area contributed by atoms with E-state index in [2.05, 4.69) is 46.0 Å². The van der Waals surface area contributed by atoms with E-state index in [9.17, 15) is 0 Å². The minimum Gasteiger partial charge on any atom is -0.397 e. The number of anilines is 1. The molecule has 0 bridgehead atoms. The number of pyridine rings is 1. The number of benzene rings is 1. The summed E-state index contributed by atoms with van der Waals surface area (Å²) in [5.41, 5.74) is 7.83. The predicted molar refractivity (Wildman–Crippen MR) is 71.7 cm³/mol. The topological polar surface area (TPSA) is 38.9 Å². The molecule has 2 aromatic rings. The zero-order valence-electron chi connectivity index (χ0n) is 8.77. The Morgan fingerprint density at radius 2 is 2.12 bits per heavy atom. The summed E-state index contributed by atoms with van der Waals surface area (Å²) in [5, 5.41) is 0.841. The third kappa shape index (κ3) is 2.77. The fourth-order valence-electron chi connectivity index (χ4n) is 1.32. The summed E-state index contributed by atoms with van der Waals surface area (Å²) in [7, 11) is 0. The van der Waals surface area contributed by atoms with E-state index in [-0.39, 0.29) is 0 Å². The van der Waals surface area contributed by atoms with Crippen molar-refractivity contribution in [3.63, 3.8) is 0 Å². The average molecular weight is 295 g/mol. The molecule has 1 aromatic heterocycles. The first kappa shape index (κ1) is 11.5. The van der Waals surface area contributed by atoms with Gasteiger partial charge in [-0.2, -0.15) is 0 Å². The maximum atomic E-state index is 5.89. The molecule has 0 spiro atoms. The van der Waals surface area contributed by atoms with E-state index in [4.69, 9.17) is 5.73 Å². The van der Waals surface area contributed by atoms with Crippen LogP contribution in [0.1, 0.15) is 5.56 Å². The fraction of sp³-hybridized carbons (Fsp3) is 0.0833. The van der Waals surface area contributed by atoms with Gasteiger partial charge >= 0.3 is 0 Å². The van der Waals surface area contributed by atoms with Gasteiger partial charge in [0.05, 0.1) is 5.69 Å². The van der Waals surface area contributed by atoms with Gasteiger partial charge in [-0.25, -0.2) is 4.98 Å². The molecule has 1 heterocycles. The zero-order valence-corrected chi connectivity index (χ0v) is 11.2. The molecule has 16 heavy (non-hydrogen) atoms. The molecule has 0 atom stereocenters. The lowest BCUT2D eigenvalue weighted by molar-refractivity contribution is 1.13. The molecule has 0 saturated heterocycles. The minimum atomic E-state index is 0.695. The van der Waals surface area contributed by atoms with Gasteiger partial charge in [-0.05, 0) is 41.1 Å². The Hall–Kier alpha value is -1.00. The SMILES string of the molecule is Cc1cccc(Sc2ncc(Br)cc2N)c1. The normalized spacial score (nSPS) is 10.4. The van der Waals surface area contributed by atoms with Crippen LogP contribution in [0.25, 0.3) is 0 Å². The van der Waals surface area contributed by atoms with Crippen LogP contribution in [0.3, 0.4) is 0 Å². The van der Waals surface area contributed by atoms with Gasteiger partial charge in [-0.1, -0.05) is 29.5 Å². The molecule has 0 aliphatic rings. The molecule has 4 heteroatoms. The summed E-state index contributed by atoms with van der Waals surface area (Å²) in [6.45, 7) is 2.07. The molecule has 2 rings (SSSR count). The monoisotopic (exact) mass is 294 g/mol. The number of nitrogen functional groups attached to an aromatic ring is 1. The highest BCUT2D eigenvalue weighted by molar-refractivity contribution is 9.10. The van der Waals surface area contributed by atoms with Crippen LogP contribution in [0.2, 0.25) is 0 Å². The minimum absolute atomic E-state index is 0.695. The second kappa shape index (κ2) is 4.89. The molecule has 0 aliphatic carbocycles. The largest absolute Gasteiger partial charge is 0.397 e. The second-order valence-corrected chi connectivity index (χ2v) is 5.44. The lowest BCUT2D eigenvalue weighted by Gasteiger charge is -2.05. The number of hydrogen-bond donors (Lipinski definition) is 1. The van der Waals surface area contributed by atoms with E-state index in [1.807, 2.05) is 12.1 Å². The molecule has 0 aliphatic heterocycles. The third-order valence-corrected chi connectivity index (χ3v) is 3.51. The number of hydrogen-bond acceptors (Lipinski definition) is 3. The lowest BCUT2D eigenvalue weighted by atomic mass is 10.2. The highest BCUT2D eigenvalue weighted by atomic mass is 79.9. The fourth-order valence-corrected chi connectivity index (χ4v) is 2.56. The second-order valence-electron chi connectivity index (χ2n) is 3.47. The first-order valence-corrected chi connectivity index (χ1v) is 6.41. The zero-order chi connectivity index (χ0) is 11.5. The number of aryl methyl sites for hydroxylation is 1. The maximum absolute atomic E-state index is 5.89. The van der Waals surface area contributed by atoms with Crippen LogP contribution in [0, 0.1) is 6.92 Å². The van der Waals surface area contributed by atoms with Crippen molar-refractivity contribution in [1.82, 2.24) is 4.98 Å². The number of aromatic nitrogens is 1. The van der Waals surface area contributed by atoms with Crippen LogP contribution in [-0.4, -0.2) is 4.98 Å². The van der Waals surface area contributed by atoms with Gasteiger partial charge < -0.3 is 5.73 Å². The Kier molecular flexibility index (Phi) is 3.51. The predicted octanol–water partition coefficient (Wildman–Crippen LogP) is 3.89. The van der Waals surface area contributed by atoms with Gasteiger partial charge in [0.2, 0.25) is 0 Å². The molecule has 0 radical (unpaired) electrons. The standard InChI is InChI=1S/C12H11BrN2S/c1-8-3-2-4-10(5-8)16-12-11(14)6-9(13)7-15-12/h2-7H,14H2,1H3. The van der Waals surface area contributed by atoms with Crippen molar-refractivity contribution < 1.29 is 0 Å². The first-order chi connectivity index (χ1) is 7.65. The van der Waals surface area contributed by atoms with Crippen molar-refractivity contribution in [2.24, 2.45) is 0 Å². The van der Waals surface area contributed by atoms with Gasteiger partial charge in [0, 0.05) is 15.6 Å². The van der Waals surface area contributed by atoms with E-state index in [1.165, 1.54) is 5.56 Å². The van der Waals surface area contributed by atoms with Gasteiger partial charge in [-0.15, -0.1) is 0 Å². The highest BCUT2D eigenvalue weighted by Crippen LogP contribution is 2.31. The van der Waals surface area contributed by atoms with E-state index in [0.29, 0.717) is 5.69 Å². The Bertz CT molecular complexity index is 514. The van der Waals surface area contributed by atoms with Crippen LogP contribution >= 0.6 is 27.7 Å². The molecule has 1 aromatic carbocycles. The van der Waals surface area contributed by atoms with Gasteiger partial charge in [0.1, 0.15) is 5.03 Å². The van der Waals surface area contributed by atoms with E-state index in [1.54, 1.807) is 18.0 Å². The van der Waals surface area contributed by atoms with Crippen molar-refractivity contribution >= 4 is 33.4 Å². The lowest BCUT2D eigenvalue weighted by Crippen LogP contribution is -1.91. The molecule has 0 fully saturated rings. The van der Waals surface area contributed by atoms with Crippen LogP contribution < -0.4 is 5.73 Å². The van der Waals surface area contributed by atoms with Crippen molar-refractivity contribution in [2.45, 2.75) is 16.8 Å². The summed E-state index contributed by atoms with van der Waals surface area (Å²) in [6, 6.07) is 10.1. The van der Waals surface area contributed by atoms with Crippen molar-refractivity contribution in [1.29, 1.82) is 0 Å². The molecule has 0 amide bonds. The Balaban J connectivity index is 2.27. The van der Waals surface area contributed by atoms with Gasteiger partial charge in [0.25, 0.3) is 0 Å². The summed E-state index contributed by atoms with van der Waals surface area (Å²) in [6.07, 6.45) is 1.76. The smallest absolute Gasteiger partial charge is 0.124 e. The Morgan fingerprint density at radius 3 is 2.81 bits per heavy atom. The van der Waals surface area contributed by atoms with E-state index < -0.39 is 0 Å². The van der Waals surface area contributed by atoms with Gasteiger partial charge in [0.15, 0.2) is 0 Å². The van der Waals surface area contributed by atoms with E-state index in [0.717, 1.165) is 14.4 Å². The molecule has 0 saturated carbocycles. The van der Waals surface area contributed by atoms with Crippen LogP contribution in [0.4, 0.5) is 5.69 Å². The molecule has 2 nitrogen and oxygen atoms in total. The van der Waals surface area contributed by atoms with Crippen molar-refractivity contribution in [3.8, 4) is 0 Å². The van der Waals surface area contributed by atoms with Crippen molar-refractivity contribution in [2.75, 3.05) is 5.73 Å². The van der Waals surface area contributed by atoms with Crippen LogP contribution in [0.15, 0.2) is 50.9 Å². The average Bonchev–Trinajstić information content (AvgIpc) is 2.22. The van der Waals surface area contributed by atoms with Crippen LogP contribution in [0.5, 0.6) is 0 Å². The molecule has 2 N–H and O–H groups in total. The molecular formula is C12H11BrN2S. The first-order valence-electron chi connectivity index (χ1n) is 4.81. The maximum Gasteiger partial charge on any atom is 0.124 e. The molecular weight excluding hydrogens is 284 g/mol. The number of nitrogens with zero attached hydrogens (tertiary/aromatic N) is 1. The molecule has 0 unspecified atom stereocenters. The third-order valence-electron chi connectivity index (χ3n) is 2.05. The number of nitrogens with two attached hydrogens (primary N) is 1. The summed E-state index contributed by atoms with van der Waals surface area (Å²) < 4.78 is 0.901. The Labute approximate surface area is 107 Å². The Morgan fingerprint density at radius 1 is 1.31 bits per heavy atom. The summed E-state index contributed by atoms with van der Waals surface area (Å²) in [4.78, 5) is 5.45. The quantitative estimate of drug-likeness (QED) is 0.913. The number of rotatable bonds is 2. The van der Waals surface area contributed by atoms with Crippen molar-refractivity contribution in [3.05, 3.63) is 46.6 Å². The van der Waals surface area contributed by atoms with E-state index >= 15 is 0 Å². The summed E-state index contributed by atoms with van der Waals surface area (Å²) >= 11 is 4.92. The summed E-state index contributed by atoms with van der Waals surface area (Å²) in [5.74, 6) is 0. The molecule has 82 valence electrons. The van der Waals surface area contributed by atoms with Crippen LogP contribution in [-0.2, 0) is 0 Å². The number of halogens is 1. The van der Waals surface area contributed by atoms with Gasteiger partial charge in [-0.3, -0.25) is 0 Å². The highest BCUT2D eigenvalue weighted by Gasteiger charge is 2.04.